The van der Waals surface area contributed by atoms with Crippen LogP contribution in [-0.4, -0.2) is 33.6 Å². The smallest absolute Gasteiger partial charge is 0.294 e. The molecule has 0 atom stereocenters. The van der Waals surface area contributed by atoms with Crippen LogP contribution < -0.4 is 10.2 Å². The van der Waals surface area contributed by atoms with Crippen molar-refractivity contribution in [3.8, 4) is 16.8 Å². The van der Waals surface area contributed by atoms with Gasteiger partial charge in [0.05, 0.1) is 10.6 Å². The van der Waals surface area contributed by atoms with Crippen molar-refractivity contribution in [2.45, 2.75) is 0 Å². The molecule has 0 radical (unpaired) electrons. The molecule has 4 aromatic rings. The highest BCUT2D eigenvalue weighted by Crippen LogP contribution is 2.31. The lowest BCUT2D eigenvalue weighted by molar-refractivity contribution is -0.383. The molecule has 2 heterocycles. The Hall–Kier alpha value is -4.20. The van der Waals surface area contributed by atoms with E-state index >= 15 is 0 Å². The second-order valence-corrected chi connectivity index (χ2v) is 6.92. The Balaban J connectivity index is 1.63. The highest BCUT2D eigenvalue weighted by Gasteiger charge is 2.16. The molecule has 1 N–H and O–H groups in total. The number of hydrogen-bond donors (Lipinski definition) is 1. The highest BCUT2D eigenvalue weighted by atomic mass is 16.6. The van der Waals surface area contributed by atoms with Crippen molar-refractivity contribution >= 4 is 23.0 Å². The molecule has 0 saturated carbocycles. The number of rotatable bonds is 6. The zero-order valence-corrected chi connectivity index (χ0v) is 16.6. The molecular weight excluding hydrogens is 380 g/mol. The summed E-state index contributed by atoms with van der Waals surface area (Å²) < 4.78 is 1.83. The number of aromatic nitrogens is 3. The van der Waals surface area contributed by atoms with Crippen molar-refractivity contribution in [2.24, 2.45) is 0 Å². The quantitative estimate of drug-likeness (QED) is 0.374. The lowest BCUT2D eigenvalue weighted by Crippen LogP contribution is -2.12. The van der Waals surface area contributed by atoms with E-state index in [1.54, 1.807) is 24.5 Å². The molecule has 0 aliphatic carbocycles. The van der Waals surface area contributed by atoms with Gasteiger partial charge in [-0.05, 0) is 42.0 Å². The molecule has 30 heavy (non-hydrogen) atoms. The number of anilines is 3. The van der Waals surface area contributed by atoms with Gasteiger partial charge in [0.15, 0.2) is 0 Å². The molecule has 4 rings (SSSR count). The van der Waals surface area contributed by atoms with Crippen molar-refractivity contribution in [3.05, 3.63) is 89.5 Å². The zero-order chi connectivity index (χ0) is 21.1. The summed E-state index contributed by atoms with van der Waals surface area (Å²) in [5.74, 6) is 0.631. The van der Waals surface area contributed by atoms with Gasteiger partial charge in [-0.2, -0.15) is 0 Å². The van der Waals surface area contributed by atoms with E-state index in [0.717, 1.165) is 22.5 Å². The Morgan fingerprint density at radius 3 is 2.37 bits per heavy atom. The van der Waals surface area contributed by atoms with Crippen molar-refractivity contribution in [2.75, 3.05) is 24.3 Å². The molecule has 2 aromatic heterocycles. The van der Waals surface area contributed by atoms with Gasteiger partial charge in [0.1, 0.15) is 5.69 Å². The predicted octanol–water partition coefficient (Wildman–Crippen LogP) is 4.65. The van der Waals surface area contributed by atoms with Gasteiger partial charge in [-0.15, -0.1) is 0 Å². The lowest BCUT2D eigenvalue weighted by atomic mass is 10.1. The SMILES string of the molecule is CN(C)c1ncc(-c2cccc(Nc3ccc(-n4cccc4)cc3[N+](=O)[O-])c2)cn1. The third-order valence-corrected chi connectivity index (χ3v) is 4.59. The van der Waals surface area contributed by atoms with Crippen LogP contribution in [0.25, 0.3) is 16.8 Å². The third-order valence-electron chi connectivity index (χ3n) is 4.59. The van der Waals surface area contributed by atoms with E-state index in [2.05, 4.69) is 15.3 Å². The molecule has 0 saturated heterocycles. The molecule has 0 unspecified atom stereocenters. The van der Waals surface area contributed by atoms with E-state index in [1.165, 1.54) is 0 Å². The van der Waals surface area contributed by atoms with Crippen LogP contribution in [0.4, 0.5) is 23.0 Å². The first kappa shape index (κ1) is 19.1. The summed E-state index contributed by atoms with van der Waals surface area (Å²) in [4.78, 5) is 21.8. The molecule has 8 nitrogen and oxygen atoms in total. The van der Waals surface area contributed by atoms with Crippen LogP contribution in [0, 0.1) is 10.1 Å². The lowest BCUT2D eigenvalue weighted by Gasteiger charge is -2.12. The molecule has 8 heteroatoms. The molecule has 150 valence electrons. The Morgan fingerprint density at radius 2 is 1.70 bits per heavy atom. The maximum absolute atomic E-state index is 11.6. The van der Waals surface area contributed by atoms with Crippen molar-refractivity contribution in [3.63, 3.8) is 0 Å². The summed E-state index contributed by atoms with van der Waals surface area (Å²) in [6.45, 7) is 0. The predicted molar refractivity (Wildman–Crippen MR) is 118 cm³/mol. The van der Waals surface area contributed by atoms with Crippen LogP contribution in [0.3, 0.4) is 0 Å². The Kier molecular flexibility index (Phi) is 5.13. The second-order valence-electron chi connectivity index (χ2n) is 6.92. The standard InChI is InChI=1S/C22H20N6O2/c1-26(2)22-23-14-17(15-24-22)16-6-5-7-18(12-16)25-20-9-8-19(13-21(20)28(29)30)27-10-3-4-11-27/h3-15,25H,1-2H3. The largest absolute Gasteiger partial charge is 0.350 e. The number of nitro groups is 1. The number of nitrogens with zero attached hydrogens (tertiary/aromatic N) is 5. The average molecular weight is 400 g/mol. The van der Waals surface area contributed by atoms with Crippen LogP contribution in [-0.2, 0) is 0 Å². The molecule has 0 bridgehead atoms. The fourth-order valence-electron chi connectivity index (χ4n) is 3.08. The minimum Gasteiger partial charge on any atom is -0.350 e. The molecule has 0 fully saturated rings. The number of nitro benzene ring substituents is 1. The molecule has 0 amide bonds. The van der Waals surface area contributed by atoms with E-state index in [0.29, 0.717) is 11.6 Å². The van der Waals surface area contributed by atoms with Gasteiger partial charge >= 0.3 is 0 Å². The fourth-order valence-corrected chi connectivity index (χ4v) is 3.08. The molecule has 0 aliphatic heterocycles. The number of hydrogen-bond acceptors (Lipinski definition) is 6. The van der Waals surface area contributed by atoms with E-state index in [4.69, 9.17) is 0 Å². The van der Waals surface area contributed by atoms with Gasteiger partial charge in [0, 0.05) is 56.2 Å². The summed E-state index contributed by atoms with van der Waals surface area (Å²) in [7, 11) is 3.77. The topological polar surface area (TPSA) is 89.1 Å². The number of nitrogens with one attached hydrogen (secondary N) is 1. The van der Waals surface area contributed by atoms with E-state index in [-0.39, 0.29) is 10.6 Å². The van der Waals surface area contributed by atoms with Crippen molar-refractivity contribution < 1.29 is 4.92 Å². The highest BCUT2D eigenvalue weighted by molar-refractivity contribution is 5.75. The van der Waals surface area contributed by atoms with E-state index in [9.17, 15) is 10.1 Å². The maximum Gasteiger partial charge on any atom is 0.294 e. The molecule has 2 aromatic carbocycles. The minimum absolute atomic E-state index is 0.00488. The van der Waals surface area contributed by atoms with Crippen LogP contribution in [0.5, 0.6) is 0 Å². The van der Waals surface area contributed by atoms with Gasteiger partial charge in [-0.1, -0.05) is 12.1 Å². The maximum atomic E-state index is 11.6. The summed E-state index contributed by atoms with van der Waals surface area (Å²) >= 11 is 0. The van der Waals surface area contributed by atoms with Gasteiger partial charge < -0.3 is 14.8 Å². The fraction of sp³-hybridized carbons (Fsp3) is 0.0909. The Morgan fingerprint density at radius 1 is 0.967 bits per heavy atom. The molecular formula is C22H20N6O2. The summed E-state index contributed by atoms with van der Waals surface area (Å²) in [5, 5.41) is 14.8. The zero-order valence-electron chi connectivity index (χ0n) is 16.6. The van der Waals surface area contributed by atoms with Crippen molar-refractivity contribution in [1.29, 1.82) is 0 Å². The summed E-state index contributed by atoms with van der Waals surface area (Å²) in [6, 6.07) is 16.5. The van der Waals surface area contributed by atoms with Gasteiger partial charge in [-0.25, -0.2) is 9.97 Å². The van der Waals surface area contributed by atoms with E-state index in [1.807, 2.05) is 78.4 Å². The summed E-state index contributed by atoms with van der Waals surface area (Å²) in [5.41, 5.74) is 3.67. The Bertz CT molecular complexity index is 1170. The minimum atomic E-state index is -0.382. The molecule has 0 spiro atoms. The van der Waals surface area contributed by atoms with Crippen LogP contribution >= 0.6 is 0 Å². The second kappa shape index (κ2) is 8.04. The summed E-state index contributed by atoms with van der Waals surface area (Å²) in [6.07, 6.45) is 7.21. The molecule has 0 aliphatic rings. The van der Waals surface area contributed by atoms with Crippen LogP contribution in [0.1, 0.15) is 0 Å². The number of benzene rings is 2. The average Bonchev–Trinajstić information content (AvgIpc) is 3.29. The van der Waals surface area contributed by atoms with Gasteiger partial charge in [-0.3, -0.25) is 10.1 Å². The third kappa shape index (κ3) is 3.97. The Labute approximate surface area is 173 Å². The van der Waals surface area contributed by atoms with Gasteiger partial charge in [0.2, 0.25) is 5.95 Å². The first-order valence-corrected chi connectivity index (χ1v) is 9.30. The van der Waals surface area contributed by atoms with E-state index < -0.39 is 0 Å². The van der Waals surface area contributed by atoms with Crippen molar-refractivity contribution in [1.82, 2.24) is 14.5 Å². The monoisotopic (exact) mass is 400 g/mol. The van der Waals surface area contributed by atoms with Crippen LogP contribution in [0.2, 0.25) is 0 Å². The first-order valence-electron chi connectivity index (χ1n) is 9.30. The van der Waals surface area contributed by atoms with Crippen LogP contribution in [0.15, 0.2) is 79.4 Å². The first-order chi connectivity index (χ1) is 14.5. The van der Waals surface area contributed by atoms with Gasteiger partial charge in [0.25, 0.3) is 5.69 Å². The normalized spacial score (nSPS) is 10.6.